The number of hydrogen-bond donors (Lipinski definition) is 4. The van der Waals surface area contributed by atoms with Gasteiger partial charge in [0.1, 0.15) is 6.07 Å². The number of nitrogens with two attached hydrogens (primary N) is 1. The van der Waals surface area contributed by atoms with Crippen LogP contribution in [0.2, 0.25) is 0 Å². The summed E-state index contributed by atoms with van der Waals surface area (Å²) in [5.74, 6) is -0.612. The Morgan fingerprint density at radius 1 is 1.09 bits per heavy atom. The Bertz CT molecular complexity index is 774. The zero-order valence-corrected chi connectivity index (χ0v) is 12.1. The van der Waals surface area contributed by atoms with E-state index in [-0.39, 0.29) is 11.6 Å². The number of anilines is 2. The van der Waals surface area contributed by atoms with E-state index in [2.05, 4.69) is 15.8 Å². The van der Waals surface area contributed by atoms with Crippen molar-refractivity contribution in [1.82, 2.24) is 0 Å². The molecule has 2 aromatic carbocycles. The quantitative estimate of drug-likeness (QED) is 0.383. The molecule has 0 aliphatic carbocycles. The lowest BCUT2D eigenvalue weighted by atomic mass is 10.2. The van der Waals surface area contributed by atoms with Gasteiger partial charge in [0.05, 0.1) is 5.69 Å². The lowest BCUT2D eigenvalue weighted by molar-refractivity contribution is 0.102. The molecule has 0 radical (unpaired) electrons. The Kier molecular flexibility index (Phi) is 5.04. The van der Waals surface area contributed by atoms with Crippen molar-refractivity contribution in [1.29, 1.82) is 10.7 Å². The van der Waals surface area contributed by atoms with Crippen LogP contribution in [0.1, 0.15) is 10.4 Å². The molecule has 0 bridgehead atoms. The van der Waals surface area contributed by atoms with Crippen molar-refractivity contribution in [2.45, 2.75) is 0 Å². The van der Waals surface area contributed by atoms with Crippen LogP contribution < -0.4 is 16.5 Å². The molecule has 0 fully saturated rings. The van der Waals surface area contributed by atoms with Crippen LogP contribution in [0, 0.1) is 16.7 Å². The summed E-state index contributed by atoms with van der Waals surface area (Å²) in [4.78, 5) is 12.0. The molecule has 0 heterocycles. The van der Waals surface area contributed by atoms with Crippen molar-refractivity contribution in [3.63, 3.8) is 0 Å². The van der Waals surface area contributed by atoms with Crippen LogP contribution in [-0.4, -0.2) is 17.5 Å². The van der Waals surface area contributed by atoms with Crippen molar-refractivity contribution in [3.05, 3.63) is 60.2 Å². The Morgan fingerprint density at radius 3 is 2.26 bits per heavy atom. The van der Waals surface area contributed by atoms with Crippen LogP contribution in [0.15, 0.2) is 59.7 Å². The fourth-order valence-electron chi connectivity index (χ4n) is 1.69. The molecule has 0 atom stereocenters. The third-order valence-electron chi connectivity index (χ3n) is 2.84. The number of hydrazone groups is 1. The van der Waals surface area contributed by atoms with E-state index in [1.165, 1.54) is 0 Å². The second kappa shape index (κ2) is 7.38. The third kappa shape index (κ3) is 4.41. The Balaban J connectivity index is 2.01. The fourth-order valence-corrected chi connectivity index (χ4v) is 1.69. The van der Waals surface area contributed by atoms with E-state index in [0.717, 1.165) is 0 Å². The number of nitrogens with zero attached hydrogens (tertiary/aromatic N) is 2. The lowest BCUT2D eigenvalue weighted by Gasteiger charge is -2.06. The minimum atomic E-state index is -0.410. The van der Waals surface area contributed by atoms with Crippen molar-refractivity contribution in [3.8, 4) is 6.07 Å². The molecule has 0 saturated heterocycles. The number of carbonyl (C=O) groups is 1. The largest absolute Gasteiger partial charge is 0.382 e. The molecule has 7 heteroatoms. The number of amides is 1. The average molecular weight is 306 g/mol. The second-order valence-corrected chi connectivity index (χ2v) is 4.50. The van der Waals surface area contributed by atoms with E-state index in [1.807, 2.05) is 6.07 Å². The first-order valence-electron chi connectivity index (χ1n) is 6.65. The summed E-state index contributed by atoms with van der Waals surface area (Å²) >= 11 is 0. The maximum Gasteiger partial charge on any atom is 0.255 e. The molecule has 2 aromatic rings. The average Bonchev–Trinajstić information content (AvgIpc) is 2.57. The number of nitriles is 1. The van der Waals surface area contributed by atoms with Crippen LogP contribution in [0.25, 0.3) is 0 Å². The molecule has 0 aliphatic heterocycles. The standard InChI is InChI=1S/C16H14N6O/c17-10-14(15(18)19)22-21-13-8-6-12(7-9-13)20-16(23)11-4-2-1-3-5-11/h1-9,21H,(H3,18,19)(H,20,23)/b22-14+. The van der Waals surface area contributed by atoms with Crippen molar-refractivity contribution < 1.29 is 4.79 Å². The Morgan fingerprint density at radius 2 is 1.70 bits per heavy atom. The number of hydrogen-bond acceptors (Lipinski definition) is 5. The molecule has 1 amide bonds. The van der Waals surface area contributed by atoms with Gasteiger partial charge in [0.25, 0.3) is 5.91 Å². The number of rotatable bonds is 5. The van der Waals surface area contributed by atoms with Crippen LogP contribution in [0.5, 0.6) is 0 Å². The molecular weight excluding hydrogens is 292 g/mol. The van der Waals surface area contributed by atoms with Gasteiger partial charge >= 0.3 is 0 Å². The van der Waals surface area contributed by atoms with Gasteiger partial charge in [-0.05, 0) is 36.4 Å². The highest BCUT2D eigenvalue weighted by Gasteiger charge is 2.05. The summed E-state index contributed by atoms with van der Waals surface area (Å²) in [6.45, 7) is 0. The van der Waals surface area contributed by atoms with Gasteiger partial charge in [0, 0.05) is 11.3 Å². The lowest BCUT2D eigenvalue weighted by Crippen LogP contribution is -2.21. The zero-order chi connectivity index (χ0) is 16.7. The summed E-state index contributed by atoms with van der Waals surface area (Å²) < 4.78 is 0. The predicted molar refractivity (Wildman–Crippen MR) is 89.4 cm³/mol. The predicted octanol–water partition coefficient (Wildman–Crippen LogP) is 2.17. The first-order valence-corrected chi connectivity index (χ1v) is 6.65. The van der Waals surface area contributed by atoms with Gasteiger partial charge in [0.2, 0.25) is 5.71 Å². The van der Waals surface area contributed by atoms with Gasteiger partial charge in [-0.3, -0.25) is 15.6 Å². The van der Waals surface area contributed by atoms with Gasteiger partial charge < -0.3 is 11.1 Å². The number of carbonyl (C=O) groups excluding carboxylic acids is 1. The van der Waals surface area contributed by atoms with Crippen LogP contribution in [0.4, 0.5) is 11.4 Å². The smallest absolute Gasteiger partial charge is 0.255 e. The third-order valence-corrected chi connectivity index (χ3v) is 2.84. The van der Waals surface area contributed by atoms with E-state index in [4.69, 9.17) is 16.4 Å². The zero-order valence-electron chi connectivity index (χ0n) is 12.1. The molecule has 5 N–H and O–H groups in total. The molecule has 0 saturated carbocycles. The highest BCUT2D eigenvalue weighted by Crippen LogP contribution is 2.14. The summed E-state index contributed by atoms with van der Waals surface area (Å²) in [5, 5.41) is 22.4. The highest BCUT2D eigenvalue weighted by molar-refractivity contribution is 6.45. The number of benzene rings is 2. The van der Waals surface area contributed by atoms with Crippen molar-refractivity contribution in [2.75, 3.05) is 10.7 Å². The second-order valence-electron chi connectivity index (χ2n) is 4.50. The van der Waals surface area contributed by atoms with Gasteiger partial charge in [-0.15, -0.1) is 0 Å². The van der Waals surface area contributed by atoms with E-state index in [0.29, 0.717) is 16.9 Å². The van der Waals surface area contributed by atoms with E-state index >= 15 is 0 Å². The normalized spacial score (nSPS) is 10.5. The molecule has 0 aromatic heterocycles. The maximum atomic E-state index is 12.0. The Labute approximate surface area is 132 Å². The first kappa shape index (κ1) is 15.7. The van der Waals surface area contributed by atoms with Crippen molar-refractivity contribution >= 4 is 28.8 Å². The SMILES string of the molecule is N#C/C(=N\Nc1ccc(NC(=O)c2ccccc2)cc1)C(=N)N. The number of amidine groups is 1. The highest BCUT2D eigenvalue weighted by atomic mass is 16.1. The Hall–Kier alpha value is -3.66. The molecule has 0 spiro atoms. The van der Waals surface area contributed by atoms with Gasteiger partial charge in [-0.2, -0.15) is 10.4 Å². The molecular formula is C16H14N6O. The van der Waals surface area contributed by atoms with Gasteiger partial charge in [-0.25, -0.2) is 0 Å². The van der Waals surface area contributed by atoms with Gasteiger partial charge in [-0.1, -0.05) is 18.2 Å². The fraction of sp³-hybridized carbons (Fsp3) is 0. The molecule has 2 rings (SSSR count). The van der Waals surface area contributed by atoms with Crippen LogP contribution in [0.3, 0.4) is 0 Å². The van der Waals surface area contributed by atoms with E-state index in [9.17, 15) is 4.79 Å². The van der Waals surface area contributed by atoms with E-state index in [1.54, 1.807) is 54.6 Å². The first-order chi connectivity index (χ1) is 11.1. The van der Waals surface area contributed by atoms with Crippen LogP contribution >= 0.6 is 0 Å². The topological polar surface area (TPSA) is 127 Å². The molecule has 0 unspecified atom stereocenters. The summed E-state index contributed by atoms with van der Waals surface area (Å²) in [6.07, 6.45) is 0. The summed E-state index contributed by atoms with van der Waals surface area (Å²) in [6, 6.07) is 17.3. The minimum Gasteiger partial charge on any atom is -0.382 e. The van der Waals surface area contributed by atoms with Crippen LogP contribution in [-0.2, 0) is 0 Å². The van der Waals surface area contributed by atoms with Gasteiger partial charge in [0.15, 0.2) is 5.84 Å². The maximum absolute atomic E-state index is 12.0. The molecule has 23 heavy (non-hydrogen) atoms. The monoisotopic (exact) mass is 306 g/mol. The molecule has 114 valence electrons. The minimum absolute atomic E-state index is 0.201. The van der Waals surface area contributed by atoms with Crippen molar-refractivity contribution in [2.24, 2.45) is 10.8 Å². The summed E-state index contributed by atoms with van der Waals surface area (Å²) in [7, 11) is 0. The molecule has 7 nitrogen and oxygen atoms in total. The number of nitrogens with one attached hydrogen (secondary N) is 3. The molecule has 0 aliphatic rings. The van der Waals surface area contributed by atoms with E-state index < -0.39 is 5.84 Å². The summed E-state index contributed by atoms with van der Waals surface area (Å²) in [5.41, 5.74) is 9.40.